The summed E-state index contributed by atoms with van der Waals surface area (Å²) in [5.74, 6) is 1.09. The molecule has 1 aromatic heterocycles. The van der Waals surface area contributed by atoms with Gasteiger partial charge in [-0.1, -0.05) is 32.0 Å². The van der Waals surface area contributed by atoms with E-state index >= 15 is 0 Å². The number of morpholine rings is 1. The minimum atomic E-state index is -0.613. The molecule has 0 aliphatic carbocycles. The van der Waals surface area contributed by atoms with Crippen molar-refractivity contribution in [2.45, 2.75) is 39.3 Å². The zero-order valence-corrected chi connectivity index (χ0v) is 16.7. The first-order chi connectivity index (χ1) is 12.9. The average Bonchev–Trinajstić information content (AvgIpc) is 2.65. The van der Waals surface area contributed by atoms with Crippen LogP contribution < -0.4 is 4.90 Å². The predicted octanol–water partition coefficient (Wildman–Crippen LogP) is 3.05. The molecule has 0 spiro atoms. The maximum atomic E-state index is 10.7. The van der Waals surface area contributed by atoms with Gasteiger partial charge in [-0.2, -0.15) is 0 Å². The summed E-state index contributed by atoms with van der Waals surface area (Å²) < 4.78 is 5.54. The van der Waals surface area contributed by atoms with Crippen molar-refractivity contribution in [3.8, 4) is 0 Å². The van der Waals surface area contributed by atoms with Crippen LogP contribution in [-0.2, 0) is 11.3 Å². The number of nitrogens with zero attached hydrogens (tertiary/aromatic N) is 3. The van der Waals surface area contributed by atoms with Gasteiger partial charge >= 0.3 is 0 Å². The number of benzene rings is 1. The number of aliphatic hydroxyl groups is 1. The Morgan fingerprint density at radius 2 is 1.85 bits per heavy atom. The molecule has 0 unspecified atom stereocenters. The lowest BCUT2D eigenvalue weighted by Crippen LogP contribution is -2.55. The van der Waals surface area contributed by atoms with E-state index in [0.717, 1.165) is 63.7 Å². The van der Waals surface area contributed by atoms with Crippen LogP contribution in [0.15, 0.2) is 30.3 Å². The largest absolute Gasteiger partial charge is 0.390 e. The van der Waals surface area contributed by atoms with E-state index in [1.54, 1.807) is 0 Å². The van der Waals surface area contributed by atoms with Gasteiger partial charge in [0.1, 0.15) is 5.82 Å². The van der Waals surface area contributed by atoms with Gasteiger partial charge in [0.25, 0.3) is 0 Å². The van der Waals surface area contributed by atoms with Crippen LogP contribution in [0.3, 0.4) is 0 Å². The summed E-state index contributed by atoms with van der Waals surface area (Å²) in [5, 5.41) is 11.9. The number of ether oxygens (including phenoxy) is 1. The van der Waals surface area contributed by atoms with Crippen molar-refractivity contribution in [1.29, 1.82) is 0 Å². The summed E-state index contributed by atoms with van der Waals surface area (Å²) in [6, 6.07) is 10.6. The van der Waals surface area contributed by atoms with Crippen LogP contribution in [0.25, 0.3) is 10.9 Å². The number of anilines is 1. The molecule has 1 aromatic carbocycles. The first-order valence-electron chi connectivity index (χ1n) is 10.0. The van der Waals surface area contributed by atoms with E-state index in [0.29, 0.717) is 0 Å². The summed E-state index contributed by atoms with van der Waals surface area (Å²) in [4.78, 5) is 9.85. The van der Waals surface area contributed by atoms with Crippen LogP contribution >= 0.6 is 0 Å². The Hall–Kier alpha value is -1.69. The van der Waals surface area contributed by atoms with Gasteiger partial charge in [0.2, 0.25) is 0 Å². The van der Waals surface area contributed by atoms with Crippen LogP contribution in [0.1, 0.15) is 32.8 Å². The number of piperidine rings is 1. The van der Waals surface area contributed by atoms with Gasteiger partial charge < -0.3 is 14.7 Å². The monoisotopic (exact) mass is 369 g/mol. The summed E-state index contributed by atoms with van der Waals surface area (Å²) in [6.45, 7) is 12.3. The molecule has 27 heavy (non-hydrogen) atoms. The van der Waals surface area contributed by atoms with Crippen molar-refractivity contribution in [3.05, 3.63) is 35.9 Å². The second-order valence-electron chi connectivity index (χ2n) is 8.88. The zero-order valence-electron chi connectivity index (χ0n) is 16.7. The summed E-state index contributed by atoms with van der Waals surface area (Å²) >= 11 is 0. The smallest absolute Gasteiger partial charge is 0.133 e. The molecule has 5 nitrogen and oxygen atoms in total. The Kier molecular flexibility index (Phi) is 4.87. The molecule has 146 valence electrons. The number of para-hydroxylation sites is 1. The van der Waals surface area contributed by atoms with E-state index in [-0.39, 0.29) is 5.41 Å². The Morgan fingerprint density at radius 3 is 2.59 bits per heavy atom. The molecule has 0 radical (unpaired) electrons. The number of fused-ring (bicyclic) bond motifs is 1. The highest BCUT2D eigenvalue weighted by Crippen LogP contribution is 2.39. The Bertz CT molecular complexity index is 812. The first-order valence-corrected chi connectivity index (χ1v) is 10.0. The molecular weight excluding hydrogens is 338 g/mol. The topological polar surface area (TPSA) is 48.8 Å². The summed E-state index contributed by atoms with van der Waals surface area (Å²) in [7, 11) is 0. The number of pyridine rings is 1. The normalized spacial score (nSPS) is 26.4. The Morgan fingerprint density at radius 1 is 1.11 bits per heavy atom. The summed E-state index contributed by atoms with van der Waals surface area (Å²) in [6.07, 6.45) is 0.800. The minimum absolute atomic E-state index is 0.130. The molecule has 1 N–H and O–H groups in total. The van der Waals surface area contributed by atoms with Crippen molar-refractivity contribution >= 4 is 16.7 Å². The standard InChI is InChI=1S/C22H31N3O2/c1-21(2)16-24(9-8-22(21,3)26)15-18-14-17-6-4-5-7-19(17)23-20(18)25-10-12-27-13-11-25/h4-7,14,26H,8-13,15-16H2,1-3H3/t22-/m0/s1. The Labute approximate surface area is 161 Å². The van der Waals surface area contributed by atoms with Crippen molar-refractivity contribution in [1.82, 2.24) is 9.88 Å². The van der Waals surface area contributed by atoms with Gasteiger partial charge in [0.05, 0.1) is 24.3 Å². The molecule has 3 heterocycles. The van der Waals surface area contributed by atoms with Crippen LogP contribution in [0.4, 0.5) is 5.82 Å². The lowest BCUT2D eigenvalue weighted by molar-refractivity contribution is -0.107. The van der Waals surface area contributed by atoms with Crippen LogP contribution in [-0.4, -0.2) is 60.0 Å². The minimum Gasteiger partial charge on any atom is -0.390 e. The number of rotatable bonds is 3. The molecular formula is C22H31N3O2. The first kappa shape index (κ1) is 18.7. The molecule has 0 amide bonds. The van der Waals surface area contributed by atoms with Crippen LogP contribution in [0.2, 0.25) is 0 Å². The highest BCUT2D eigenvalue weighted by atomic mass is 16.5. The van der Waals surface area contributed by atoms with Crippen molar-refractivity contribution in [2.24, 2.45) is 5.41 Å². The van der Waals surface area contributed by atoms with Gasteiger partial charge in [0.15, 0.2) is 0 Å². The quantitative estimate of drug-likeness (QED) is 0.901. The van der Waals surface area contributed by atoms with Gasteiger partial charge in [-0.3, -0.25) is 4.90 Å². The van der Waals surface area contributed by atoms with Gasteiger partial charge in [-0.15, -0.1) is 0 Å². The van der Waals surface area contributed by atoms with E-state index in [4.69, 9.17) is 9.72 Å². The van der Waals surface area contributed by atoms with Gasteiger partial charge in [0, 0.05) is 49.1 Å². The third kappa shape index (κ3) is 3.68. The number of aromatic nitrogens is 1. The maximum absolute atomic E-state index is 10.7. The van der Waals surface area contributed by atoms with E-state index in [1.165, 1.54) is 10.9 Å². The second-order valence-corrected chi connectivity index (χ2v) is 8.88. The fourth-order valence-electron chi connectivity index (χ4n) is 4.21. The van der Waals surface area contributed by atoms with Crippen molar-refractivity contribution in [2.75, 3.05) is 44.3 Å². The van der Waals surface area contributed by atoms with E-state index in [1.807, 2.05) is 13.0 Å². The number of hydrogen-bond acceptors (Lipinski definition) is 5. The van der Waals surface area contributed by atoms with E-state index in [2.05, 4.69) is 47.9 Å². The predicted molar refractivity (Wildman–Crippen MR) is 109 cm³/mol. The third-order valence-corrected chi connectivity index (χ3v) is 6.48. The molecule has 2 saturated heterocycles. The van der Waals surface area contributed by atoms with Gasteiger partial charge in [-0.25, -0.2) is 4.98 Å². The molecule has 2 aromatic rings. The number of hydrogen-bond donors (Lipinski definition) is 1. The highest BCUT2D eigenvalue weighted by molar-refractivity contribution is 5.81. The van der Waals surface area contributed by atoms with Crippen LogP contribution in [0, 0.1) is 5.41 Å². The van der Waals surface area contributed by atoms with E-state index in [9.17, 15) is 5.11 Å². The summed E-state index contributed by atoms with van der Waals surface area (Å²) in [5.41, 5.74) is 1.57. The third-order valence-electron chi connectivity index (χ3n) is 6.48. The van der Waals surface area contributed by atoms with Crippen LogP contribution in [0.5, 0.6) is 0 Å². The molecule has 4 rings (SSSR count). The fourth-order valence-corrected chi connectivity index (χ4v) is 4.21. The van der Waals surface area contributed by atoms with Crippen molar-refractivity contribution in [3.63, 3.8) is 0 Å². The lowest BCUT2D eigenvalue weighted by Gasteiger charge is -2.48. The zero-order chi connectivity index (χ0) is 19.1. The SMILES string of the molecule is CC1(C)CN(Cc2cc3ccccc3nc2N2CCOCC2)CC[C@]1(C)O. The maximum Gasteiger partial charge on any atom is 0.133 e. The number of likely N-dealkylation sites (tertiary alicyclic amines) is 1. The molecule has 1 atom stereocenters. The Balaban J connectivity index is 1.65. The molecule has 0 bridgehead atoms. The molecule has 2 aliphatic heterocycles. The van der Waals surface area contributed by atoms with Gasteiger partial charge in [-0.05, 0) is 25.5 Å². The van der Waals surface area contributed by atoms with E-state index < -0.39 is 5.60 Å². The fraction of sp³-hybridized carbons (Fsp3) is 0.591. The lowest BCUT2D eigenvalue weighted by atomic mass is 9.71. The van der Waals surface area contributed by atoms with Crippen molar-refractivity contribution < 1.29 is 9.84 Å². The molecule has 5 heteroatoms. The second kappa shape index (κ2) is 7.04. The molecule has 0 saturated carbocycles. The molecule has 2 aliphatic rings. The average molecular weight is 370 g/mol. The molecule has 2 fully saturated rings. The highest BCUT2D eigenvalue weighted by Gasteiger charge is 2.44.